The maximum atomic E-state index is 12.2. The lowest BCUT2D eigenvalue weighted by molar-refractivity contribution is 0.0945. The summed E-state index contributed by atoms with van der Waals surface area (Å²) in [7, 11) is -2.95. The number of carbonyl (C=O) groups is 1. The molecule has 1 unspecified atom stereocenters. The second kappa shape index (κ2) is 4.79. The summed E-state index contributed by atoms with van der Waals surface area (Å²) in [6.07, 6.45) is 3.14. The number of fused-ring (bicyclic) bond motifs is 1. The third-order valence-corrected chi connectivity index (χ3v) is 7.40. The van der Waals surface area contributed by atoms with Gasteiger partial charge in [-0.1, -0.05) is 0 Å². The SMILES string of the molecule is O=C(NC1CCS(=O)(=O)C1)c1cc2c(s1)CN(C1CC1)C2. The molecule has 7 heteroatoms. The number of nitrogens with zero attached hydrogens (tertiary/aromatic N) is 1. The Bertz CT molecular complexity index is 668. The molecule has 1 aromatic rings. The van der Waals surface area contributed by atoms with E-state index in [0.29, 0.717) is 6.42 Å². The first-order chi connectivity index (χ1) is 10.00. The topological polar surface area (TPSA) is 66.5 Å². The Morgan fingerprint density at radius 2 is 2.10 bits per heavy atom. The Labute approximate surface area is 128 Å². The molecule has 1 saturated heterocycles. The molecule has 1 amide bonds. The van der Waals surface area contributed by atoms with Gasteiger partial charge in [0.1, 0.15) is 0 Å². The number of rotatable bonds is 3. The van der Waals surface area contributed by atoms with Crippen LogP contribution in [0.15, 0.2) is 6.07 Å². The number of amides is 1. The Kier molecular flexibility index (Phi) is 3.13. The summed E-state index contributed by atoms with van der Waals surface area (Å²) in [4.78, 5) is 16.7. The van der Waals surface area contributed by atoms with Crippen LogP contribution in [0.4, 0.5) is 0 Å². The van der Waals surface area contributed by atoms with E-state index in [0.717, 1.165) is 24.0 Å². The zero-order valence-corrected chi connectivity index (χ0v) is 13.3. The molecule has 114 valence electrons. The zero-order valence-electron chi connectivity index (χ0n) is 11.7. The van der Waals surface area contributed by atoms with E-state index < -0.39 is 9.84 Å². The minimum absolute atomic E-state index is 0.0826. The van der Waals surface area contributed by atoms with Gasteiger partial charge in [-0.05, 0) is 30.9 Å². The smallest absolute Gasteiger partial charge is 0.261 e. The second-order valence-corrected chi connectivity index (χ2v) is 9.63. The van der Waals surface area contributed by atoms with Gasteiger partial charge in [0.25, 0.3) is 5.91 Å². The highest BCUT2D eigenvalue weighted by atomic mass is 32.2. The van der Waals surface area contributed by atoms with Crippen molar-refractivity contribution in [2.45, 2.75) is 44.4 Å². The van der Waals surface area contributed by atoms with E-state index >= 15 is 0 Å². The predicted octanol–water partition coefficient (Wildman–Crippen LogP) is 1.14. The van der Waals surface area contributed by atoms with Gasteiger partial charge in [-0.2, -0.15) is 0 Å². The molecule has 3 aliphatic rings. The van der Waals surface area contributed by atoms with Crippen molar-refractivity contribution in [3.05, 3.63) is 21.4 Å². The Morgan fingerprint density at radius 3 is 2.71 bits per heavy atom. The van der Waals surface area contributed by atoms with Crippen molar-refractivity contribution in [1.82, 2.24) is 10.2 Å². The monoisotopic (exact) mass is 326 g/mol. The third-order valence-electron chi connectivity index (χ3n) is 4.47. The van der Waals surface area contributed by atoms with Crippen molar-refractivity contribution in [3.8, 4) is 0 Å². The molecule has 5 nitrogen and oxygen atoms in total. The molecule has 3 heterocycles. The van der Waals surface area contributed by atoms with Crippen LogP contribution < -0.4 is 5.32 Å². The average molecular weight is 326 g/mol. The highest BCUT2D eigenvalue weighted by Gasteiger charge is 2.35. The highest BCUT2D eigenvalue weighted by molar-refractivity contribution is 7.91. The summed E-state index contributed by atoms with van der Waals surface area (Å²) in [6.45, 7) is 1.93. The first-order valence-corrected chi connectivity index (χ1v) is 10.0. The number of hydrogen-bond acceptors (Lipinski definition) is 5. The van der Waals surface area contributed by atoms with E-state index in [1.165, 1.54) is 23.3 Å². The minimum Gasteiger partial charge on any atom is -0.348 e. The van der Waals surface area contributed by atoms with Gasteiger partial charge in [0.05, 0.1) is 16.4 Å². The maximum absolute atomic E-state index is 12.2. The van der Waals surface area contributed by atoms with Crippen molar-refractivity contribution < 1.29 is 13.2 Å². The standard InChI is InChI=1S/C14H18N2O3S2/c17-14(15-10-3-4-21(18,19)8-10)12-5-9-6-16(11-1-2-11)7-13(9)20-12/h5,10-11H,1-4,6-8H2,(H,15,17). The molecular weight excluding hydrogens is 308 g/mol. The van der Waals surface area contributed by atoms with Gasteiger partial charge < -0.3 is 5.32 Å². The van der Waals surface area contributed by atoms with E-state index in [1.807, 2.05) is 6.07 Å². The van der Waals surface area contributed by atoms with Gasteiger partial charge in [0.2, 0.25) is 0 Å². The van der Waals surface area contributed by atoms with Gasteiger partial charge >= 0.3 is 0 Å². The molecule has 2 aliphatic heterocycles. The number of thiophene rings is 1. The number of hydrogen-bond donors (Lipinski definition) is 1. The Hall–Kier alpha value is -0.920. The molecule has 1 aromatic heterocycles. The van der Waals surface area contributed by atoms with Gasteiger partial charge in [-0.3, -0.25) is 9.69 Å². The zero-order chi connectivity index (χ0) is 14.6. The molecular formula is C14H18N2O3S2. The van der Waals surface area contributed by atoms with Crippen LogP contribution >= 0.6 is 11.3 Å². The van der Waals surface area contributed by atoms with Crippen molar-refractivity contribution in [3.63, 3.8) is 0 Å². The minimum atomic E-state index is -2.95. The summed E-state index contributed by atoms with van der Waals surface area (Å²) in [5.41, 5.74) is 1.27. The summed E-state index contributed by atoms with van der Waals surface area (Å²) < 4.78 is 22.8. The van der Waals surface area contributed by atoms with Crippen molar-refractivity contribution in [2.75, 3.05) is 11.5 Å². The van der Waals surface area contributed by atoms with Crippen LogP contribution in [-0.4, -0.2) is 42.8 Å². The molecule has 0 radical (unpaired) electrons. The van der Waals surface area contributed by atoms with Crippen LogP contribution in [0.2, 0.25) is 0 Å². The normalized spacial score (nSPS) is 27.7. The lowest BCUT2D eigenvalue weighted by atomic mass is 10.2. The molecule has 4 rings (SSSR count). The lowest BCUT2D eigenvalue weighted by Gasteiger charge is -2.13. The van der Waals surface area contributed by atoms with E-state index in [-0.39, 0.29) is 23.5 Å². The van der Waals surface area contributed by atoms with Crippen LogP contribution in [0.1, 0.15) is 39.4 Å². The summed E-state index contributed by atoms with van der Waals surface area (Å²) in [6, 6.07) is 2.52. The van der Waals surface area contributed by atoms with E-state index in [9.17, 15) is 13.2 Å². The van der Waals surface area contributed by atoms with Gasteiger partial charge in [0, 0.05) is 30.1 Å². The summed E-state index contributed by atoms with van der Waals surface area (Å²) in [5.74, 6) is 0.156. The molecule has 0 bridgehead atoms. The second-order valence-electron chi connectivity index (χ2n) is 6.27. The Morgan fingerprint density at radius 1 is 1.29 bits per heavy atom. The highest BCUT2D eigenvalue weighted by Crippen LogP contribution is 2.38. The maximum Gasteiger partial charge on any atom is 0.261 e. The number of sulfone groups is 1. The van der Waals surface area contributed by atoms with E-state index in [2.05, 4.69) is 10.2 Å². The fraction of sp³-hybridized carbons (Fsp3) is 0.643. The average Bonchev–Trinajstić information content (AvgIpc) is 2.93. The summed E-state index contributed by atoms with van der Waals surface area (Å²) >= 11 is 1.56. The third kappa shape index (κ3) is 2.74. The van der Waals surface area contributed by atoms with Crippen LogP contribution in [0, 0.1) is 0 Å². The molecule has 0 aromatic carbocycles. The molecule has 1 atom stereocenters. The van der Waals surface area contributed by atoms with Crippen LogP contribution in [0.3, 0.4) is 0 Å². The molecule has 1 aliphatic carbocycles. The van der Waals surface area contributed by atoms with Crippen molar-refractivity contribution >= 4 is 27.1 Å². The van der Waals surface area contributed by atoms with E-state index in [4.69, 9.17) is 0 Å². The van der Waals surface area contributed by atoms with Gasteiger partial charge in [0.15, 0.2) is 9.84 Å². The van der Waals surface area contributed by atoms with Crippen molar-refractivity contribution in [2.24, 2.45) is 0 Å². The first-order valence-electron chi connectivity index (χ1n) is 7.37. The number of nitrogens with one attached hydrogen (secondary N) is 1. The van der Waals surface area contributed by atoms with Crippen LogP contribution in [0.5, 0.6) is 0 Å². The predicted molar refractivity (Wildman–Crippen MR) is 81.1 cm³/mol. The molecule has 21 heavy (non-hydrogen) atoms. The lowest BCUT2D eigenvalue weighted by Crippen LogP contribution is -2.35. The van der Waals surface area contributed by atoms with Gasteiger partial charge in [-0.15, -0.1) is 11.3 Å². The number of carbonyl (C=O) groups excluding carboxylic acids is 1. The molecule has 1 N–H and O–H groups in total. The van der Waals surface area contributed by atoms with Gasteiger partial charge in [-0.25, -0.2) is 8.42 Å². The largest absolute Gasteiger partial charge is 0.348 e. The molecule has 1 saturated carbocycles. The fourth-order valence-electron chi connectivity index (χ4n) is 3.17. The van der Waals surface area contributed by atoms with Crippen LogP contribution in [-0.2, 0) is 22.9 Å². The first kappa shape index (κ1) is 13.7. The van der Waals surface area contributed by atoms with Crippen molar-refractivity contribution in [1.29, 1.82) is 0 Å². The summed E-state index contributed by atoms with van der Waals surface area (Å²) in [5, 5.41) is 2.86. The fourth-order valence-corrected chi connectivity index (χ4v) is 5.94. The van der Waals surface area contributed by atoms with E-state index in [1.54, 1.807) is 11.3 Å². The quantitative estimate of drug-likeness (QED) is 0.905. The van der Waals surface area contributed by atoms with Crippen LogP contribution in [0.25, 0.3) is 0 Å². The molecule has 0 spiro atoms. The Balaban J connectivity index is 1.41. The molecule has 2 fully saturated rings.